The van der Waals surface area contributed by atoms with Crippen molar-refractivity contribution >= 4 is 38.7 Å². The van der Waals surface area contributed by atoms with Crippen LogP contribution in [0.25, 0.3) is 0 Å². The third-order valence-corrected chi connectivity index (χ3v) is 5.82. The van der Waals surface area contributed by atoms with Crippen LogP contribution in [0.4, 0.5) is 5.69 Å². The van der Waals surface area contributed by atoms with Crippen LogP contribution < -0.4 is 5.32 Å². The Kier molecular flexibility index (Phi) is 4.94. The van der Waals surface area contributed by atoms with Crippen molar-refractivity contribution in [3.8, 4) is 0 Å². The molecule has 0 aliphatic heterocycles. The average molecular weight is 339 g/mol. The van der Waals surface area contributed by atoms with Gasteiger partial charge in [0.25, 0.3) is 0 Å². The predicted molar refractivity (Wildman–Crippen MR) is 82.8 cm³/mol. The van der Waals surface area contributed by atoms with Gasteiger partial charge in [0.1, 0.15) is 9.96 Å². The van der Waals surface area contributed by atoms with Crippen molar-refractivity contribution in [2.45, 2.75) is 4.21 Å². The van der Waals surface area contributed by atoms with Gasteiger partial charge in [-0.2, -0.15) is 0 Å². The first-order chi connectivity index (χ1) is 10.4. The lowest BCUT2D eigenvalue weighted by atomic mass is 10.2. The van der Waals surface area contributed by atoms with Gasteiger partial charge in [0.2, 0.25) is 5.91 Å². The van der Waals surface area contributed by atoms with Crippen LogP contribution in [0.15, 0.2) is 46.0 Å². The minimum atomic E-state index is -3.63. The van der Waals surface area contributed by atoms with E-state index < -0.39 is 27.5 Å². The molecule has 6 nitrogen and oxygen atoms in total. The van der Waals surface area contributed by atoms with Gasteiger partial charge >= 0.3 is 5.97 Å². The zero-order chi connectivity index (χ0) is 16.2. The fourth-order valence-corrected chi connectivity index (χ4v) is 3.91. The number of anilines is 1. The Morgan fingerprint density at radius 3 is 2.41 bits per heavy atom. The number of benzene rings is 1. The van der Waals surface area contributed by atoms with E-state index in [2.05, 4.69) is 10.1 Å². The maximum atomic E-state index is 12.0. The number of rotatable bonds is 5. The lowest BCUT2D eigenvalue weighted by Gasteiger charge is -2.06. The van der Waals surface area contributed by atoms with Crippen LogP contribution in [-0.2, 0) is 19.4 Å². The summed E-state index contributed by atoms with van der Waals surface area (Å²) in [5, 5.41) is 4.11. The number of ether oxygens (including phenoxy) is 1. The van der Waals surface area contributed by atoms with E-state index in [0.29, 0.717) is 11.3 Å². The number of methoxy groups -OCH3 is 1. The maximum absolute atomic E-state index is 12.0. The SMILES string of the molecule is COC(=O)c1ccc(NC(=O)CS(=O)(=O)c2cccs2)cc1. The van der Waals surface area contributed by atoms with Crippen LogP contribution in [0.1, 0.15) is 10.4 Å². The predicted octanol–water partition coefficient (Wildman–Crippen LogP) is 1.95. The molecule has 2 aromatic rings. The van der Waals surface area contributed by atoms with Gasteiger partial charge in [-0.1, -0.05) is 6.07 Å². The summed E-state index contributed by atoms with van der Waals surface area (Å²) in [4.78, 5) is 23.1. The summed E-state index contributed by atoms with van der Waals surface area (Å²) in [6.07, 6.45) is 0. The summed E-state index contributed by atoms with van der Waals surface area (Å²) in [6.45, 7) is 0. The zero-order valence-corrected chi connectivity index (χ0v) is 13.2. The van der Waals surface area contributed by atoms with Gasteiger partial charge in [0, 0.05) is 5.69 Å². The van der Waals surface area contributed by atoms with Crippen LogP contribution in [-0.4, -0.2) is 33.2 Å². The Morgan fingerprint density at radius 2 is 1.86 bits per heavy atom. The molecule has 22 heavy (non-hydrogen) atoms. The Labute approximate surface area is 131 Å². The number of hydrogen-bond acceptors (Lipinski definition) is 6. The lowest BCUT2D eigenvalue weighted by molar-refractivity contribution is -0.113. The minimum absolute atomic E-state index is 0.156. The fourth-order valence-electron chi connectivity index (χ4n) is 1.69. The first-order valence-corrected chi connectivity index (χ1v) is 8.70. The minimum Gasteiger partial charge on any atom is -0.465 e. The van der Waals surface area contributed by atoms with E-state index in [-0.39, 0.29) is 4.21 Å². The lowest BCUT2D eigenvalue weighted by Crippen LogP contribution is -2.22. The van der Waals surface area contributed by atoms with Crippen LogP contribution in [0.3, 0.4) is 0 Å². The zero-order valence-electron chi connectivity index (χ0n) is 11.6. The van der Waals surface area contributed by atoms with Gasteiger partial charge < -0.3 is 10.1 Å². The number of thiophene rings is 1. The third kappa shape index (κ3) is 3.92. The van der Waals surface area contributed by atoms with Gasteiger partial charge in [-0.15, -0.1) is 11.3 Å². The fraction of sp³-hybridized carbons (Fsp3) is 0.143. The number of hydrogen-bond donors (Lipinski definition) is 1. The van der Waals surface area contributed by atoms with Crippen molar-refractivity contribution in [2.75, 3.05) is 18.2 Å². The highest BCUT2D eigenvalue weighted by molar-refractivity contribution is 7.94. The molecule has 0 aliphatic rings. The van der Waals surface area contributed by atoms with E-state index in [9.17, 15) is 18.0 Å². The molecule has 0 atom stereocenters. The number of carbonyl (C=O) groups is 2. The van der Waals surface area contributed by atoms with E-state index >= 15 is 0 Å². The van der Waals surface area contributed by atoms with Gasteiger partial charge in [-0.25, -0.2) is 13.2 Å². The maximum Gasteiger partial charge on any atom is 0.337 e. The summed E-state index contributed by atoms with van der Waals surface area (Å²) < 4.78 is 28.6. The highest BCUT2D eigenvalue weighted by Crippen LogP contribution is 2.18. The van der Waals surface area contributed by atoms with E-state index in [1.807, 2.05) is 0 Å². The Morgan fingerprint density at radius 1 is 1.18 bits per heavy atom. The summed E-state index contributed by atoms with van der Waals surface area (Å²) >= 11 is 1.07. The highest BCUT2D eigenvalue weighted by atomic mass is 32.2. The number of nitrogens with one attached hydrogen (secondary N) is 1. The quantitative estimate of drug-likeness (QED) is 0.841. The Bertz CT molecular complexity index is 764. The van der Waals surface area contributed by atoms with Crippen molar-refractivity contribution in [1.29, 1.82) is 0 Å². The topological polar surface area (TPSA) is 89.5 Å². The van der Waals surface area contributed by atoms with Crippen LogP contribution in [0, 0.1) is 0 Å². The van der Waals surface area contributed by atoms with Gasteiger partial charge in [0.15, 0.2) is 9.84 Å². The average Bonchev–Trinajstić information content (AvgIpc) is 3.01. The van der Waals surface area contributed by atoms with Gasteiger partial charge in [-0.3, -0.25) is 4.79 Å². The molecule has 0 fully saturated rings. The van der Waals surface area contributed by atoms with Gasteiger partial charge in [-0.05, 0) is 35.7 Å². The molecule has 116 valence electrons. The van der Waals surface area contributed by atoms with Crippen molar-refractivity contribution in [3.63, 3.8) is 0 Å². The normalized spacial score (nSPS) is 11.0. The summed E-state index contributed by atoms with van der Waals surface area (Å²) in [5.41, 5.74) is 0.741. The molecular weight excluding hydrogens is 326 g/mol. The molecule has 0 aliphatic carbocycles. The molecule has 0 saturated carbocycles. The first kappa shape index (κ1) is 16.2. The number of amides is 1. The smallest absolute Gasteiger partial charge is 0.337 e. The summed E-state index contributed by atoms with van der Waals surface area (Å²) in [5.74, 6) is -1.76. The Balaban J connectivity index is 2.02. The third-order valence-electron chi connectivity index (χ3n) is 2.71. The summed E-state index contributed by atoms with van der Waals surface area (Å²) in [6, 6.07) is 9.04. The van der Waals surface area contributed by atoms with E-state index in [4.69, 9.17) is 0 Å². The highest BCUT2D eigenvalue weighted by Gasteiger charge is 2.20. The van der Waals surface area contributed by atoms with Crippen molar-refractivity contribution < 1.29 is 22.7 Å². The molecule has 1 aromatic carbocycles. The molecule has 1 aromatic heterocycles. The van der Waals surface area contributed by atoms with E-state index in [0.717, 1.165) is 11.3 Å². The largest absolute Gasteiger partial charge is 0.465 e. The monoisotopic (exact) mass is 339 g/mol. The number of carbonyl (C=O) groups excluding carboxylic acids is 2. The second kappa shape index (κ2) is 6.71. The van der Waals surface area contributed by atoms with E-state index in [1.165, 1.54) is 37.4 Å². The number of esters is 1. The number of sulfone groups is 1. The molecule has 1 heterocycles. The summed E-state index contributed by atoms with van der Waals surface area (Å²) in [7, 11) is -2.36. The van der Waals surface area contributed by atoms with Crippen molar-refractivity contribution in [3.05, 3.63) is 47.3 Å². The van der Waals surface area contributed by atoms with E-state index in [1.54, 1.807) is 11.4 Å². The molecule has 8 heteroatoms. The molecule has 0 unspecified atom stereocenters. The molecule has 0 radical (unpaired) electrons. The van der Waals surface area contributed by atoms with Crippen LogP contribution in [0.2, 0.25) is 0 Å². The Hall–Kier alpha value is -2.19. The molecule has 0 saturated heterocycles. The van der Waals surface area contributed by atoms with Crippen molar-refractivity contribution in [2.24, 2.45) is 0 Å². The van der Waals surface area contributed by atoms with Crippen molar-refractivity contribution in [1.82, 2.24) is 0 Å². The molecular formula is C14H13NO5S2. The molecule has 2 rings (SSSR count). The standard InChI is InChI=1S/C14H13NO5S2/c1-20-14(17)10-4-6-11(7-5-10)15-12(16)9-22(18,19)13-3-2-8-21-13/h2-8H,9H2,1H3,(H,15,16). The van der Waals surface area contributed by atoms with Gasteiger partial charge in [0.05, 0.1) is 12.7 Å². The first-order valence-electron chi connectivity index (χ1n) is 6.17. The van der Waals surface area contributed by atoms with Crippen LogP contribution in [0.5, 0.6) is 0 Å². The van der Waals surface area contributed by atoms with Crippen LogP contribution >= 0.6 is 11.3 Å². The second-order valence-electron chi connectivity index (χ2n) is 4.31. The molecule has 1 N–H and O–H groups in total. The molecule has 0 spiro atoms. The molecule has 1 amide bonds. The second-order valence-corrected chi connectivity index (χ2v) is 7.47. The molecule has 0 bridgehead atoms.